The molecule has 2 aromatic rings. The SMILES string of the molecule is COc1cc2nc(Cl)n(C)c(=O)c2cc1OC. The Kier molecular flexibility index (Phi) is 2.93. The maximum atomic E-state index is 12.0. The molecular formula is C11H11ClN2O3. The largest absolute Gasteiger partial charge is 0.493 e. The first-order chi connectivity index (χ1) is 8.08. The predicted molar refractivity (Wildman–Crippen MR) is 65.1 cm³/mol. The Morgan fingerprint density at radius 2 is 1.82 bits per heavy atom. The van der Waals surface area contributed by atoms with Gasteiger partial charge in [0.25, 0.3) is 5.56 Å². The van der Waals surface area contributed by atoms with Crippen LogP contribution < -0.4 is 15.0 Å². The van der Waals surface area contributed by atoms with Crippen LogP contribution in [0.3, 0.4) is 0 Å². The van der Waals surface area contributed by atoms with E-state index in [1.165, 1.54) is 18.8 Å². The van der Waals surface area contributed by atoms with Gasteiger partial charge in [-0.1, -0.05) is 0 Å². The van der Waals surface area contributed by atoms with Gasteiger partial charge in [0.1, 0.15) is 0 Å². The van der Waals surface area contributed by atoms with E-state index in [1.807, 2.05) is 0 Å². The van der Waals surface area contributed by atoms with Crippen LogP contribution >= 0.6 is 11.6 Å². The van der Waals surface area contributed by atoms with Gasteiger partial charge < -0.3 is 9.47 Å². The lowest BCUT2D eigenvalue weighted by atomic mass is 10.2. The third kappa shape index (κ3) is 1.82. The molecule has 0 aliphatic carbocycles. The average molecular weight is 255 g/mol. The number of nitrogens with zero attached hydrogens (tertiary/aromatic N) is 2. The second-order valence-electron chi connectivity index (χ2n) is 3.47. The summed E-state index contributed by atoms with van der Waals surface area (Å²) in [5.74, 6) is 0.998. The molecule has 1 heterocycles. The lowest BCUT2D eigenvalue weighted by Gasteiger charge is -2.09. The Hall–Kier alpha value is -1.75. The fraction of sp³-hybridized carbons (Fsp3) is 0.273. The summed E-state index contributed by atoms with van der Waals surface area (Å²) in [6.45, 7) is 0. The van der Waals surface area contributed by atoms with E-state index in [0.29, 0.717) is 22.4 Å². The minimum absolute atomic E-state index is 0.134. The maximum Gasteiger partial charge on any atom is 0.262 e. The Morgan fingerprint density at radius 1 is 1.24 bits per heavy atom. The van der Waals surface area contributed by atoms with Gasteiger partial charge in [0.2, 0.25) is 5.28 Å². The summed E-state index contributed by atoms with van der Waals surface area (Å²) >= 11 is 5.84. The third-order valence-electron chi connectivity index (χ3n) is 2.53. The van der Waals surface area contributed by atoms with Gasteiger partial charge in [-0.15, -0.1) is 0 Å². The minimum atomic E-state index is -0.221. The highest BCUT2D eigenvalue weighted by Crippen LogP contribution is 2.30. The summed E-state index contributed by atoms with van der Waals surface area (Å²) in [7, 11) is 4.59. The molecule has 17 heavy (non-hydrogen) atoms. The van der Waals surface area contributed by atoms with Crippen molar-refractivity contribution in [3.8, 4) is 11.5 Å². The molecule has 5 nitrogen and oxygen atoms in total. The predicted octanol–water partition coefficient (Wildman–Crippen LogP) is 1.60. The second kappa shape index (κ2) is 4.25. The monoisotopic (exact) mass is 254 g/mol. The van der Waals surface area contributed by atoms with E-state index >= 15 is 0 Å². The molecule has 90 valence electrons. The molecule has 1 aromatic heterocycles. The molecular weight excluding hydrogens is 244 g/mol. The van der Waals surface area contributed by atoms with Crippen molar-refractivity contribution < 1.29 is 9.47 Å². The number of benzene rings is 1. The number of methoxy groups -OCH3 is 2. The summed E-state index contributed by atoms with van der Waals surface area (Å²) in [5.41, 5.74) is 0.261. The molecule has 0 amide bonds. The fourth-order valence-electron chi connectivity index (χ4n) is 1.57. The van der Waals surface area contributed by atoms with Crippen LogP contribution in [0, 0.1) is 0 Å². The highest BCUT2D eigenvalue weighted by molar-refractivity contribution is 6.28. The Labute approximate surface area is 103 Å². The van der Waals surface area contributed by atoms with E-state index in [1.54, 1.807) is 19.2 Å². The van der Waals surface area contributed by atoms with E-state index in [-0.39, 0.29) is 10.8 Å². The maximum absolute atomic E-state index is 12.0. The zero-order valence-electron chi connectivity index (χ0n) is 9.65. The first kappa shape index (κ1) is 11.7. The van der Waals surface area contributed by atoms with Crippen LogP contribution in [-0.4, -0.2) is 23.8 Å². The van der Waals surface area contributed by atoms with Crippen molar-refractivity contribution in [3.63, 3.8) is 0 Å². The molecule has 0 saturated heterocycles. The highest BCUT2D eigenvalue weighted by atomic mass is 35.5. The standard InChI is InChI=1S/C11H11ClN2O3/c1-14-10(15)6-4-8(16-2)9(17-3)5-7(6)13-11(14)12/h4-5H,1-3H3. The average Bonchev–Trinajstić information content (AvgIpc) is 2.34. The van der Waals surface area contributed by atoms with Gasteiger partial charge >= 0.3 is 0 Å². The molecule has 2 rings (SSSR count). The summed E-state index contributed by atoms with van der Waals surface area (Å²) in [5, 5.41) is 0.573. The lowest BCUT2D eigenvalue weighted by Crippen LogP contribution is -2.18. The number of aromatic nitrogens is 2. The van der Waals surface area contributed by atoms with Gasteiger partial charge in [0, 0.05) is 13.1 Å². The van der Waals surface area contributed by atoms with Gasteiger partial charge in [-0.3, -0.25) is 9.36 Å². The Morgan fingerprint density at radius 3 is 2.41 bits per heavy atom. The van der Waals surface area contributed by atoms with Crippen molar-refractivity contribution in [2.75, 3.05) is 14.2 Å². The van der Waals surface area contributed by atoms with E-state index in [0.717, 1.165) is 0 Å². The van der Waals surface area contributed by atoms with E-state index in [2.05, 4.69) is 4.98 Å². The molecule has 0 bridgehead atoms. The smallest absolute Gasteiger partial charge is 0.262 e. The van der Waals surface area contributed by atoms with Crippen LogP contribution in [0.25, 0.3) is 10.9 Å². The number of halogens is 1. The number of hydrogen-bond acceptors (Lipinski definition) is 4. The molecule has 0 atom stereocenters. The van der Waals surface area contributed by atoms with E-state index in [4.69, 9.17) is 21.1 Å². The summed E-state index contributed by atoms with van der Waals surface area (Å²) in [4.78, 5) is 16.1. The van der Waals surface area contributed by atoms with Crippen molar-refractivity contribution in [1.29, 1.82) is 0 Å². The molecule has 0 spiro atoms. The van der Waals surface area contributed by atoms with Crippen molar-refractivity contribution in [3.05, 3.63) is 27.8 Å². The zero-order valence-corrected chi connectivity index (χ0v) is 10.4. The van der Waals surface area contributed by atoms with Crippen LogP contribution in [0.2, 0.25) is 5.28 Å². The quantitative estimate of drug-likeness (QED) is 0.764. The van der Waals surface area contributed by atoms with E-state index < -0.39 is 0 Å². The van der Waals surface area contributed by atoms with Crippen LogP contribution in [-0.2, 0) is 7.05 Å². The van der Waals surface area contributed by atoms with Crippen LogP contribution in [0.15, 0.2) is 16.9 Å². The lowest BCUT2D eigenvalue weighted by molar-refractivity contribution is 0.355. The summed E-state index contributed by atoms with van der Waals surface area (Å²) in [6, 6.07) is 3.22. The summed E-state index contributed by atoms with van der Waals surface area (Å²) < 4.78 is 11.5. The number of rotatable bonds is 2. The van der Waals surface area contributed by atoms with Crippen LogP contribution in [0.1, 0.15) is 0 Å². The molecule has 0 aliphatic heterocycles. The van der Waals surface area contributed by atoms with Crippen LogP contribution in [0.4, 0.5) is 0 Å². The van der Waals surface area contributed by atoms with Gasteiger partial charge in [0.15, 0.2) is 11.5 Å². The van der Waals surface area contributed by atoms with Gasteiger partial charge in [-0.25, -0.2) is 4.98 Å². The van der Waals surface area contributed by atoms with Crippen molar-refractivity contribution in [2.45, 2.75) is 0 Å². The number of ether oxygens (including phenoxy) is 2. The zero-order chi connectivity index (χ0) is 12.6. The van der Waals surface area contributed by atoms with Gasteiger partial charge in [0.05, 0.1) is 25.1 Å². The van der Waals surface area contributed by atoms with Gasteiger partial charge in [-0.2, -0.15) is 0 Å². The number of fused-ring (bicyclic) bond motifs is 1. The Bertz CT molecular complexity index is 637. The molecule has 0 saturated carbocycles. The highest BCUT2D eigenvalue weighted by Gasteiger charge is 2.12. The molecule has 0 fully saturated rings. The van der Waals surface area contributed by atoms with Crippen LogP contribution in [0.5, 0.6) is 11.5 Å². The number of hydrogen-bond donors (Lipinski definition) is 0. The van der Waals surface area contributed by atoms with E-state index in [9.17, 15) is 4.79 Å². The first-order valence-corrected chi connectivity index (χ1v) is 5.24. The van der Waals surface area contributed by atoms with Crippen molar-refractivity contribution >= 4 is 22.5 Å². The minimum Gasteiger partial charge on any atom is -0.493 e. The van der Waals surface area contributed by atoms with Crippen molar-refractivity contribution in [2.24, 2.45) is 7.05 Å². The fourth-order valence-corrected chi connectivity index (χ4v) is 1.74. The first-order valence-electron chi connectivity index (χ1n) is 4.86. The third-order valence-corrected chi connectivity index (χ3v) is 2.86. The topological polar surface area (TPSA) is 53.4 Å². The molecule has 0 aliphatic rings. The molecule has 6 heteroatoms. The second-order valence-corrected chi connectivity index (χ2v) is 3.81. The Balaban J connectivity index is 2.88. The molecule has 0 N–H and O–H groups in total. The molecule has 0 radical (unpaired) electrons. The molecule has 0 unspecified atom stereocenters. The normalized spacial score (nSPS) is 10.6. The molecule has 1 aromatic carbocycles. The van der Waals surface area contributed by atoms with Crippen molar-refractivity contribution in [1.82, 2.24) is 9.55 Å². The van der Waals surface area contributed by atoms with Gasteiger partial charge in [-0.05, 0) is 17.7 Å². The summed E-state index contributed by atoms with van der Waals surface area (Å²) in [6.07, 6.45) is 0.